The maximum Gasteiger partial charge on any atom is 0.135 e. The maximum absolute atomic E-state index is 6.22. The van der Waals surface area contributed by atoms with Gasteiger partial charge in [0.05, 0.1) is 16.6 Å². The Hall–Kier alpha value is -9.90. The number of rotatable bonds is 7. The van der Waals surface area contributed by atoms with E-state index in [0.29, 0.717) is 0 Å². The molecule has 0 N–H and O–H groups in total. The Morgan fingerprint density at radius 3 is 1.37 bits per heavy atom. The van der Waals surface area contributed by atoms with Crippen molar-refractivity contribution < 1.29 is 8.83 Å². The summed E-state index contributed by atoms with van der Waals surface area (Å²) in [6, 6.07) is 88.4. The Labute approximate surface area is 438 Å². The van der Waals surface area contributed by atoms with Crippen molar-refractivity contribution in [3.63, 3.8) is 0 Å². The zero-order valence-electron chi connectivity index (χ0n) is 41.4. The van der Waals surface area contributed by atoms with Gasteiger partial charge in [0.15, 0.2) is 0 Å². The van der Waals surface area contributed by atoms with Crippen LogP contribution in [0.25, 0.3) is 150 Å². The van der Waals surface area contributed by atoms with Gasteiger partial charge in [0, 0.05) is 71.5 Å². The topological polar surface area (TPSA) is 36.1 Å². The second-order valence-electron chi connectivity index (χ2n) is 20.3. The number of hydrogen-bond donors (Lipinski definition) is 0. The summed E-state index contributed by atoms with van der Waals surface area (Å²) in [7, 11) is 0. The third-order valence-electron chi connectivity index (χ3n) is 16.0. The van der Waals surface area contributed by atoms with Gasteiger partial charge in [-0.15, -0.1) is 0 Å². The van der Waals surface area contributed by atoms with Gasteiger partial charge in [-0.2, -0.15) is 0 Å². The molecule has 4 nitrogen and oxygen atoms in total. The minimum Gasteiger partial charge on any atom is -0.456 e. The van der Waals surface area contributed by atoms with Gasteiger partial charge in [-0.3, -0.25) is 0 Å². The smallest absolute Gasteiger partial charge is 0.135 e. The summed E-state index contributed by atoms with van der Waals surface area (Å²) in [5.41, 5.74) is 23.9. The van der Waals surface area contributed by atoms with Gasteiger partial charge in [0.2, 0.25) is 0 Å². The minimum absolute atomic E-state index is 0.901. The molecule has 0 fully saturated rings. The molecule has 0 aliphatic heterocycles. The predicted octanol–water partition coefficient (Wildman–Crippen LogP) is 19.8. The lowest BCUT2D eigenvalue weighted by atomic mass is 9.94. The van der Waals surface area contributed by atoms with Crippen LogP contribution in [0.3, 0.4) is 0 Å². The first-order valence-electron chi connectivity index (χ1n) is 26.3. The fourth-order valence-corrected chi connectivity index (χ4v) is 12.5. The monoisotopic (exact) mass is 970 g/mol. The molecule has 11 aromatic carbocycles. The van der Waals surface area contributed by atoms with Gasteiger partial charge in [0.1, 0.15) is 22.3 Å². The maximum atomic E-state index is 6.22. The van der Waals surface area contributed by atoms with Crippen LogP contribution in [-0.2, 0) is 6.42 Å². The molecule has 4 aromatic heterocycles. The number of fused-ring (bicyclic) bond motifs is 12. The molecular weight excluding hydrogens is 925 g/mol. The van der Waals surface area contributed by atoms with Crippen LogP contribution in [0.15, 0.2) is 258 Å². The Morgan fingerprint density at radius 1 is 0.303 bits per heavy atom. The molecule has 1 aliphatic rings. The highest BCUT2D eigenvalue weighted by Crippen LogP contribution is 2.44. The van der Waals surface area contributed by atoms with Gasteiger partial charge in [-0.05, 0) is 136 Å². The lowest BCUT2D eigenvalue weighted by Crippen LogP contribution is -2.03. The molecule has 15 aromatic rings. The van der Waals surface area contributed by atoms with Crippen molar-refractivity contribution in [2.45, 2.75) is 12.8 Å². The molecule has 0 spiro atoms. The van der Waals surface area contributed by atoms with E-state index in [9.17, 15) is 0 Å². The van der Waals surface area contributed by atoms with Crippen LogP contribution < -0.4 is 0 Å². The molecule has 4 heterocycles. The Balaban J connectivity index is 0.803. The molecule has 356 valence electrons. The zero-order chi connectivity index (χ0) is 49.8. The first-order chi connectivity index (χ1) is 37.7. The van der Waals surface area contributed by atoms with Crippen LogP contribution >= 0.6 is 0 Å². The number of furan rings is 2. The summed E-state index contributed by atoms with van der Waals surface area (Å²) in [5, 5.41) is 8.26. The molecule has 16 rings (SSSR count). The molecular formula is C72H46N2O2. The number of hydrogen-bond acceptors (Lipinski definition) is 2. The third-order valence-corrected chi connectivity index (χ3v) is 16.0. The summed E-state index contributed by atoms with van der Waals surface area (Å²) in [6.07, 6.45) is 6.65. The highest BCUT2D eigenvalue weighted by molar-refractivity contribution is 6.14. The van der Waals surface area contributed by atoms with E-state index in [-0.39, 0.29) is 0 Å². The van der Waals surface area contributed by atoms with Crippen molar-refractivity contribution in [2.24, 2.45) is 0 Å². The van der Waals surface area contributed by atoms with Gasteiger partial charge in [0.25, 0.3) is 0 Å². The van der Waals surface area contributed by atoms with Crippen molar-refractivity contribution in [1.82, 2.24) is 9.13 Å². The SMILES string of the molecule is C1=Cc2c(n(-c3cccc(-c4ccc5oc6ccccc6c5c4)c3)c3c(-c4cccc(-c5cccc(-c6cccc7c8ccccc8n(-c8cccc(-c9ccc%10oc%11ccccc%11c%10c9)c8)c67)c5)c4)cccc23)CC1. The minimum atomic E-state index is 0.901. The van der Waals surface area contributed by atoms with Gasteiger partial charge < -0.3 is 18.0 Å². The molecule has 0 unspecified atom stereocenters. The lowest BCUT2D eigenvalue weighted by Gasteiger charge is -2.16. The molecule has 0 amide bonds. The van der Waals surface area contributed by atoms with E-state index < -0.39 is 0 Å². The van der Waals surface area contributed by atoms with Crippen LogP contribution in [-0.4, -0.2) is 9.13 Å². The lowest BCUT2D eigenvalue weighted by molar-refractivity contribution is 0.668. The number of allylic oxidation sites excluding steroid dienone is 1. The standard InChI is InChI=1S/C72H46N2O2/c1-5-31-65-57(23-1)61-29-13-27-55(71(61)73(65)53-21-11-17-47(41-53)49-35-37-69-63(43-49)59-25-3-7-33-67(59)75-69)51-19-9-15-45(39-51)46-16-10-20-52(40-46)56-28-14-30-62-58-24-2-6-32-66(58)74(72(56)62)54-22-12-18-48(42-54)50-36-38-70-64(44-50)60-26-4-8-34-68(60)76-70/h1-5,7-31,33-44H,6,32H2. The van der Waals surface area contributed by atoms with Gasteiger partial charge >= 0.3 is 0 Å². The van der Waals surface area contributed by atoms with E-state index in [1.165, 1.54) is 88.5 Å². The number of para-hydroxylation sites is 5. The highest BCUT2D eigenvalue weighted by atomic mass is 16.3. The zero-order valence-corrected chi connectivity index (χ0v) is 41.4. The van der Waals surface area contributed by atoms with Crippen LogP contribution in [0.4, 0.5) is 0 Å². The van der Waals surface area contributed by atoms with Gasteiger partial charge in [-0.25, -0.2) is 0 Å². The number of benzene rings is 11. The average Bonchev–Trinajstić information content (AvgIpc) is 4.33. The molecule has 0 saturated carbocycles. The average molecular weight is 971 g/mol. The first kappa shape index (κ1) is 42.6. The van der Waals surface area contributed by atoms with Crippen molar-refractivity contribution in [3.8, 4) is 67.0 Å². The normalized spacial score (nSPS) is 12.6. The molecule has 0 atom stereocenters. The van der Waals surface area contributed by atoms with E-state index >= 15 is 0 Å². The van der Waals surface area contributed by atoms with E-state index in [1.54, 1.807) is 0 Å². The van der Waals surface area contributed by atoms with E-state index in [2.05, 4.69) is 240 Å². The first-order valence-corrected chi connectivity index (χ1v) is 26.3. The van der Waals surface area contributed by atoms with Gasteiger partial charge in [-0.1, -0.05) is 176 Å². The quantitative estimate of drug-likeness (QED) is 0.160. The molecule has 0 saturated heterocycles. The van der Waals surface area contributed by atoms with Crippen molar-refractivity contribution in [1.29, 1.82) is 0 Å². The molecule has 4 heteroatoms. The number of aromatic nitrogens is 2. The van der Waals surface area contributed by atoms with E-state index in [0.717, 1.165) is 79.2 Å². The Bertz CT molecular complexity index is 4900. The third kappa shape index (κ3) is 6.64. The molecule has 1 aliphatic carbocycles. The van der Waals surface area contributed by atoms with Crippen molar-refractivity contribution in [3.05, 3.63) is 260 Å². The predicted molar refractivity (Wildman–Crippen MR) is 317 cm³/mol. The summed E-state index contributed by atoms with van der Waals surface area (Å²) in [5.74, 6) is 0. The molecule has 76 heavy (non-hydrogen) atoms. The summed E-state index contributed by atoms with van der Waals surface area (Å²) in [6.45, 7) is 0. The molecule has 0 radical (unpaired) electrons. The van der Waals surface area contributed by atoms with Crippen LogP contribution in [0.1, 0.15) is 17.7 Å². The summed E-state index contributed by atoms with van der Waals surface area (Å²) < 4.78 is 17.4. The van der Waals surface area contributed by atoms with Crippen LogP contribution in [0.2, 0.25) is 0 Å². The number of nitrogens with zero attached hydrogens (tertiary/aromatic N) is 2. The summed E-state index contributed by atoms with van der Waals surface area (Å²) >= 11 is 0. The highest BCUT2D eigenvalue weighted by Gasteiger charge is 2.23. The van der Waals surface area contributed by atoms with Crippen LogP contribution in [0, 0.1) is 0 Å². The van der Waals surface area contributed by atoms with E-state index in [1.807, 2.05) is 24.3 Å². The Kier molecular flexibility index (Phi) is 9.43. The van der Waals surface area contributed by atoms with Crippen molar-refractivity contribution >= 4 is 82.7 Å². The van der Waals surface area contributed by atoms with Crippen LogP contribution in [0.5, 0.6) is 0 Å². The second kappa shape index (κ2) is 16.8. The molecule has 0 bridgehead atoms. The second-order valence-corrected chi connectivity index (χ2v) is 20.3. The van der Waals surface area contributed by atoms with E-state index in [4.69, 9.17) is 8.83 Å². The Morgan fingerprint density at radius 2 is 0.750 bits per heavy atom. The van der Waals surface area contributed by atoms with Crippen molar-refractivity contribution in [2.75, 3.05) is 0 Å². The fourth-order valence-electron chi connectivity index (χ4n) is 12.5. The largest absolute Gasteiger partial charge is 0.456 e. The summed E-state index contributed by atoms with van der Waals surface area (Å²) in [4.78, 5) is 0. The fraction of sp³-hybridized carbons (Fsp3) is 0.0278.